The zero-order valence-corrected chi connectivity index (χ0v) is 55.4. The number of hydrogen-bond donors (Lipinski definition) is 9. The van der Waals surface area contributed by atoms with E-state index in [2.05, 4.69) is 66.4 Å². The fourth-order valence-corrected chi connectivity index (χ4v) is 17.2. The molecule has 6 unspecified atom stereocenters. The summed E-state index contributed by atoms with van der Waals surface area (Å²) in [5.74, 6) is 18.3. The number of imidazole rings is 3. The summed E-state index contributed by atoms with van der Waals surface area (Å²) in [6.45, 7) is 17.4. The molecule has 21 nitrogen and oxygen atoms in total. The standard InChI is InChI=1S/C24H26N4O3S.C23H24N4O3S.C22H22N4O3S/c1-12(2)26-18-9-15(6-8-16-7-5-13(3)32-16)27-23-19(18)25-11-28(23)20-17-10-24(17,14(4)29)22(31)21(20)30;1-4-24-17-9-14(6-8-15-7-5-12(2)31-15)26-22-18(17)25-11-27(22)19-16-10-23(16,13(3)28)21(30)20(19)29;1-11-4-6-14(30-11)7-5-13-8-16(23-3)17-21(25-13)26(10-24-17)18-15-9-22(15,12(2)27)20(29)19(18)28/h5,7,9,11-12,17,20-22,30-31H,10H2,1-4H3,(H,26,27);5,7,9,11,16,19-21,29-30H,4,10H2,1-3H3,(H,24,26);4,6,8,10,15,18-20,28-29H,9H2,1-3H3,(H,23,25)/t17?,20-,21+,22?,24+;16?,19-,20+,21?,23+;15?,18-,19+,20?,22+/m111/s1. The number of ketones is 3. The summed E-state index contributed by atoms with van der Waals surface area (Å²) in [6.07, 6.45) is 0.267. The van der Waals surface area contributed by atoms with Crippen LogP contribution in [-0.2, 0) is 14.4 Å². The zero-order valence-electron chi connectivity index (χ0n) is 52.9. The van der Waals surface area contributed by atoms with Crippen LogP contribution in [-0.4, -0.2) is 148 Å². The molecule has 93 heavy (non-hydrogen) atoms. The molecule has 0 aromatic carbocycles. The lowest BCUT2D eigenvalue weighted by Gasteiger charge is -2.23. The lowest BCUT2D eigenvalue weighted by atomic mass is 9.95. The molecule has 6 fully saturated rings. The summed E-state index contributed by atoms with van der Waals surface area (Å²) >= 11 is 4.89. The number of Topliss-reactive ketones (excluding diaryl/α,β-unsaturated/α-hetero) is 3. The number of anilines is 3. The maximum absolute atomic E-state index is 12.3. The molecule has 480 valence electrons. The first-order valence-electron chi connectivity index (χ1n) is 31.1. The molecular weight excluding hydrogens is 1240 g/mol. The number of hydrogen-bond acceptors (Lipinski definition) is 21. The van der Waals surface area contributed by atoms with Gasteiger partial charge in [0.05, 0.1) is 103 Å². The molecule has 9 N–H and O–H groups in total. The topological polar surface area (TPSA) is 301 Å². The quantitative estimate of drug-likeness (QED) is 0.0566. The number of aromatic nitrogens is 9. The van der Waals surface area contributed by atoms with Gasteiger partial charge in [0, 0.05) is 34.3 Å². The Morgan fingerprint density at radius 3 is 1.14 bits per heavy atom. The maximum Gasteiger partial charge on any atom is 0.163 e. The molecule has 9 aromatic rings. The Morgan fingerprint density at radius 2 is 0.849 bits per heavy atom. The van der Waals surface area contributed by atoms with Crippen molar-refractivity contribution in [2.24, 2.45) is 34.0 Å². The van der Waals surface area contributed by atoms with E-state index >= 15 is 0 Å². The van der Waals surface area contributed by atoms with Crippen LogP contribution in [0.3, 0.4) is 0 Å². The van der Waals surface area contributed by atoms with Crippen LogP contribution >= 0.6 is 34.0 Å². The normalized spacial score (nSPS) is 28.9. The molecule has 9 heterocycles. The molecule has 0 aliphatic heterocycles. The number of aliphatic hydroxyl groups is 6. The van der Waals surface area contributed by atoms with Gasteiger partial charge in [0.2, 0.25) is 0 Å². The highest BCUT2D eigenvalue weighted by molar-refractivity contribution is 7.13. The van der Waals surface area contributed by atoms with E-state index in [0.29, 0.717) is 76.4 Å². The lowest BCUT2D eigenvalue weighted by molar-refractivity contribution is -0.128. The molecule has 15 rings (SSSR count). The molecule has 0 bridgehead atoms. The third-order valence-electron chi connectivity index (χ3n) is 19.8. The number of rotatable bonds is 11. The van der Waals surface area contributed by atoms with E-state index in [1.54, 1.807) is 57.6 Å². The molecule has 24 heteroatoms. The minimum Gasteiger partial charge on any atom is -0.389 e. The molecule has 0 spiro atoms. The van der Waals surface area contributed by atoms with E-state index in [-0.39, 0.29) is 41.1 Å². The van der Waals surface area contributed by atoms with Gasteiger partial charge >= 0.3 is 0 Å². The van der Waals surface area contributed by atoms with Gasteiger partial charge in [0.25, 0.3) is 0 Å². The predicted molar refractivity (Wildman–Crippen MR) is 357 cm³/mol. The van der Waals surface area contributed by atoms with Gasteiger partial charge in [0.1, 0.15) is 69.3 Å². The molecular formula is C69H72N12O9S3. The summed E-state index contributed by atoms with van der Waals surface area (Å²) < 4.78 is 5.43. The average Bonchev–Trinajstić information content (AvgIpc) is 1.53. The van der Waals surface area contributed by atoms with Gasteiger partial charge in [-0.3, -0.25) is 14.4 Å². The minimum atomic E-state index is -1.08. The molecule has 6 saturated carbocycles. The van der Waals surface area contributed by atoms with Crippen LogP contribution in [0.4, 0.5) is 17.1 Å². The summed E-state index contributed by atoms with van der Waals surface area (Å²) in [7, 11) is 1.81. The van der Waals surface area contributed by atoms with Crippen molar-refractivity contribution in [3.63, 3.8) is 0 Å². The third kappa shape index (κ3) is 10.7. The Morgan fingerprint density at radius 1 is 0.527 bits per heavy atom. The van der Waals surface area contributed by atoms with Gasteiger partial charge in [-0.15, -0.1) is 34.0 Å². The van der Waals surface area contributed by atoms with E-state index in [1.807, 2.05) is 112 Å². The summed E-state index contributed by atoms with van der Waals surface area (Å²) in [5, 5.41) is 74.1. The highest BCUT2D eigenvalue weighted by Crippen LogP contribution is 2.70. The number of aryl methyl sites for hydroxylation is 3. The average molecular weight is 1310 g/mol. The van der Waals surface area contributed by atoms with Crippen molar-refractivity contribution in [3.05, 3.63) is 120 Å². The summed E-state index contributed by atoms with van der Waals surface area (Å²) in [6, 6.07) is 16.5. The van der Waals surface area contributed by atoms with Crippen molar-refractivity contribution in [2.75, 3.05) is 29.5 Å². The van der Waals surface area contributed by atoms with Gasteiger partial charge in [-0.1, -0.05) is 0 Å². The predicted octanol–water partition coefficient (Wildman–Crippen LogP) is 7.51. The Balaban J connectivity index is 0.000000127. The molecule has 9 aromatic heterocycles. The number of nitrogens with one attached hydrogen (secondary N) is 3. The maximum atomic E-state index is 12.3. The van der Waals surface area contributed by atoms with Gasteiger partial charge in [0.15, 0.2) is 16.9 Å². The fraction of sp³-hybridized carbons (Fsp3) is 0.435. The molecule has 15 atom stereocenters. The SMILES string of the molecule is CC(=O)[C@@]12CC1[C@@H](n1cnc3c(NC(C)C)cc(C#Cc4ccc(C)s4)nc31)[C@H](O)C2O.CCNc1cc(C#Cc2ccc(C)s2)nc2c1ncn2[C@@H]1C2C[C@@]2(C(C)=O)C(O)[C@H]1O.CNc1cc(C#Cc2ccc(C)s2)nc2c1ncn2[C@@H]1C2C[C@@]2(C(C)=O)C(O)[C@H]1O. The highest BCUT2D eigenvalue weighted by Gasteiger charge is 2.76. The van der Waals surface area contributed by atoms with Crippen LogP contribution in [0, 0.1) is 90.3 Å². The first kappa shape index (κ1) is 63.6. The minimum absolute atomic E-state index is 0.0740. The number of fused-ring (bicyclic) bond motifs is 6. The Bertz CT molecular complexity index is 4700. The zero-order chi connectivity index (χ0) is 65.9. The lowest BCUT2D eigenvalue weighted by Crippen LogP contribution is -2.36. The molecule has 6 aliphatic rings. The van der Waals surface area contributed by atoms with Crippen LogP contribution < -0.4 is 16.0 Å². The van der Waals surface area contributed by atoms with E-state index in [1.165, 1.54) is 35.4 Å². The van der Waals surface area contributed by atoms with E-state index in [9.17, 15) is 45.0 Å². The van der Waals surface area contributed by atoms with Crippen molar-refractivity contribution >= 4 is 102 Å². The van der Waals surface area contributed by atoms with Crippen LogP contribution in [0.15, 0.2) is 73.6 Å². The van der Waals surface area contributed by atoms with E-state index < -0.39 is 71.0 Å². The summed E-state index contributed by atoms with van der Waals surface area (Å²) in [4.78, 5) is 71.0. The smallest absolute Gasteiger partial charge is 0.163 e. The van der Waals surface area contributed by atoms with E-state index in [4.69, 9.17) is 15.0 Å². The van der Waals surface area contributed by atoms with Crippen molar-refractivity contribution in [3.8, 4) is 35.5 Å². The number of pyridine rings is 3. The van der Waals surface area contributed by atoms with E-state index in [0.717, 1.165) is 31.7 Å². The van der Waals surface area contributed by atoms with Gasteiger partial charge in [-0.05, 0) is 189 Å². The number of carbonyl (C=O) groups is 3. The Labute approximate surface area is 548 Å². The number of thiophene rings is 3. The van der Waals surface area contributed by atoms with Crippen LogP contribution in [0.5, 0.6) is 0 Å². The molecule has 6 aliphatic carbocycles. The molecule has 0 saturated heterocycles. The van der Waals surface area contributed by atoms with Crippen LogP contribution in [0.25, 0.3) is 33.5 Å². The van der Waals surface area contributed by atoms with Crippen LogP contribution in [0.1, 0.15) is 125 Å². The molecule has 0 radical (unpaired) electrons. The summed E-state index contributed by atoms with van der Waals surface area (Å²) in [5.41, 5.74) is 5.43. The van der Waals surface area contributed by atoms with Crippen molar-refractivity contribution in [1.29, 1.82) is 0 Å². The second-order valence-corrected chi connectivity index (χ2v) is 29.6. The number of aliphatic hydroxyl groups excluding tert-OH is 6. The largest absolute Gasteiger partial charge is 0.389 e. The van der Waals surface area contributed by atoms with Crippen molar-refractivity contribution in [1.82, 2.24) is 43.6 Å². The Kier molecular flexibility index (Phi) is 16.4. The first-order chi connectivity index (χ1) is 44.4. The monoisotopic (exact) mass is 1310 g/mol. The second kappa shape index (κ2) is 24.0. The third-order valence-corrected chi connectivity index (χ3v) is 22.5. The van der Waals surface area contributed by atoms with Gasteiger partial charge < -0.3 is 60.3 Å². The number of carbonyl (C=O) groups excluding carboxylic acids is 3. The Hall–Kier alpha value is -8.19. The highest BCUT2D eigenvalue weighted by atomic mass is 32.1. The van der Waals surface area contributed by atoms with Crippen molar-refractivity contribution < 1.29 is 45.0 Å². The fourth-order valence-electron chi connectivity index (χ4n) is 15.0. The van der Waals surface area contributed by atoms with Gasteiger partial charge in [-0.2, -0.15) is 0 Å². The second-order valence-electron chi connectivity index (χ2n) is 25.7. The van der Waals surface area contributed by atoms with Crippen molar-refractivity contribution in [2.45, 2.75) is 142 Å². The number of nitrogens with zero attached hydrogens (tertiary/aromatic N) is 9. The van der Waals surface area contributed by atoms with Crippen LogP contribution in [0.2, 0.25) is 0 Å². The van der Waals surface area contributed by atoms with Gasteiger partial charge in [-0.25, -0.2) is 29.9 Å². The first-order valence-corrected chi connectivity index (χ1v) is 33.6. The molecule has 0 amide bonds.